The summed E-state index contributed by atoms with van der Waals surface area (Å²) in [6, 6.07) is 18.6. The lowest BCUT2D eigenvalue weighted by atomic mass is 10.1. The molecule has 7 heteroatoms. The Kier molecular flexibility index (Phi) is 7.69. The molecule has 30 heavy (non-hydrogen) atoms. The van der Waals surface area contributed by atoms with Crippen molar-refractivity contribution in [2.75, 3.05) is 24.6 Å². The summed E-state index contributed by atoms with van der Waals surface area (Å²) in [5.41, 5.74) is 3.10. The van der Waals surface area contributed by atoms with Crippen LogP contribution in [0.25, 0.3) is 11.3 Å². The number of nitrogens with zero attached hydrogens (tertiary/aromatic N) is 2. The fourth-order valence-corrected chi connectivity index (χ4v) is 3.53. The van der Waals surface area contributed by atoms with E-state index in [1.165, 1.54) is 0 Å². The Morgan fingerprint density at radius 2 is 1.90 bits per heavy atom. The topological polar surface area (TPSA) is 65.5 Å². The van der Waals surface area contributed by atoms with Gasteiger partial charge >= 0.3 is 0 Å². The van der Waals surface area contributed by atoms with Crippen molar-refractivity contribution in [2.24, 2.45) is 0 Å². The van der Waals surface area contributed by atoms with Gasteiger partial charge < -0.3 is 15.3 Å². The highest BCUT2D eigenvalue weighted by atomic mass is 35.5. The number of aliphatic hydroxyl groups is 1. The molecule has 3 aromatic rings. The number of hydrogen-bond acceptors (Lipinski definition) is 4. The van der Waals surface area contributed by atoms with E-state index in [1.54, 1.807) is 18.2 Å². The summed E-state index contributed by atoms with van der Waals surface area (Å²) in [5.74, 6) is 0.589. The number of nitrogens with one attached hydrogen (secondary N) is 1. The molecule has 0 saturated heterocycles. The van der Waals surface area contributed by atoms with E-state index in [-0.39, 0.29) is 19.1 Å². The molecule has 2 aromatic carbocycles. The number of anilines is 1. The van der Waals surface area contributed by atoms with Crippen molar-refractivity contribution in [1.29, 1.82) is 0 Å². The van der Waals surface area contributed by atoms with Gasteiger partial charge in [-0.15, -0.1) is 0 Å². The third-order valence-corrected chi connectivity index (χ3v) is 5.22. The average molecular weight is 444 g/mol. The number of hydrogen-bond donors (Lipinski definition) is 2. The third-order valence-electron chi connectivity index (χ3n) is 4.63. The first-order valence-corrected chi connectivity index (χ1v) is 10.4. The van der Waals surface area contributed by atoms with Crippen molar-refractivity contribution >= 4 is 34.9 Å². The number of aliphatic hydroxyl groups excluding tert-OH is 1. The lowest BCUT2D eigenvalue weighted by molar-refractivity contribution is 0.0945. The lowest BCUT2D eigenvalue weighted by Gasteiger charge is -2.23. The van der Waals surface area contributed by atoms with Crippen LogP contribution in [0, 0.1) is 0 Å². The standard InChI is InChI=1S/C23H23Cl2N3O2/c1-2-28(15-18-9-10-19(24)14-20(18)25)22-8-4-7-21(27-22)16-5-3-6-17(13-16)23(30)26-11-12-29/h3-10,13-14,29H,2,11-12,15H2,1H3,(H,26,30). The zero-order chi connectivity index (χ0) is 21.5. The highest BCUT2D eigenvalue weighted by molar-refractivity contribution is 6.35. The summed E-state index contributed by atoms with van der Waals surface area (Å²) < 4.78 is 0. The van der Waals surface area contributed by atoms with Gasteiger partial charge in [0.15, 0.2) is 0 Å². The molecule has 1 aromatic heterocycles. The van der Waals surface area contributed by atoms with Crippen molar-refractivity contribution in [3.63, 3.8) is 0 Å². The van der Waals surface area contributed by atoms with Crippen molar-refractivity contribution in [1.82, 2.24) is 10.3 Å². The Morgan fingerprint density at radius 1 is 1.10 bits per heavy atom. The second-order valence-electron chi connectivity index (χ2n) is 6.69. The first kappa shape index (κ1) is 22.1. The van der Waals surface area contributed by atoms with Crippen LogP contribution in [0.3, 0.4) is 0 Å². The fourth-order valence-electron chi connectivity index (χ4n) is 3.06. The van der Waals surface area contributed by atoms with Crippen LogP contribution in [0.1, 0.15) is 22.8 Å². The van der Waals surface area contributed by atoms with Crippen LogP contribution in [0.5, 0.6) is 0 Å². The summed E-state index contributed by atoms with van der Waals surface area (Å²) in [5, 5.41) is 12.8. The van der Waals surface area contributed by atoms with Crippen LogP contribution in [0.2, 0.25) is 10.0 Å². The van der Waals surface area contributed by atoms with Crippen LogP contribution in [-0.4, -0.2) is 35.7 Å². The zero-order valence-electron chi connectivity index (χ0n) is 16.6. The summed E-state index contributed by atoms with van der Waals surface area (Å²) in [7, 11) is 0. The summed E-state index contributed by atoms with van der Waals surface area (Å²) in [6.45, 7) is 3.53. The number of pyridine rings is 1. The van der Waals surface area contributed by atoms with Crippen molar-refractivity contribution in [2.45, 2.75) is 13.5 Å². The molecule has 156 valence electrons. The highest BCUT2D eigenvalue weighted by Gasteiger charge is 2.12. The number of aromatic nitrogens is 1. The van der Waals surface area contributed by atoms with Gasteiger partial charge in [-0.05, 0) is 48.9 Å². The first-order chi connectivity index (χ1) is 14.5. The molecule has 0 bridgehead atoms. The summed E-state index contributed by atoms with van der Waals surface area (Å²) >= 11 is 12.3. The van der Waals surface area contributed by atoms with Crippen LogP contribution < -0.4 is 10.2 Å². The van der Waals surface area contributed by atoms with E-state index in [4.69, 9.17) is 33.3 Å². The van der Waals surface area contributed by atoms with Crippen molar-refractivity contribution in [3.8, 4) is 11.3 Å². The van der Waals surface area contributed by atoms with Crippen LogP contribution in [0.4, 0.5) is 5.82 Å². The molecular weight excluding hydrogens is 421 g/mol. The summed E-state index contributed by atoms with van der Waals surface area (Å²) in [4.78, 5) is 19.1. The smallest absolute Gasteiger partial charge is 0.251 e. The number of carbonyl (C=O) groups is 1. The molecule has 0 radical (unpaired) electrons. The Labute approximate surface area is 186 Å². The van der Waals surface area contributed by atoms with Gasteiger partial charge in [0.25, 0.3) is 5.91 Å². The molecule has 0 unspecified atom stereocenters. The molecule has 1 heterocycles. The van der Waals surface area contributed by atoms with Gasteiger partial charge in [-0.25, -0.2) is 4.98 Å². The molecule has 0 aliphatic carbocycles. The number of amides is 1. The normalized spacial score (nSPS) is 10.7. The van der Waals surface area contributed by atoms with E-state index in [2.05, 4.69) is 17.1 Å². The molecule has 0 aliphatic heterocycles. The van der Waals surface area contributed by atoms with E-state index < -0.39 is 0 Å². The predicted molar refractivity (Wildman–Crippen MR) is 122 cm³/mol. The minimum atomic E-state index is -0.227. The van der Waals surface area contributed by atoms with E-state index in [1.807, 2.05) is 42.5 Å². The molecule has 0 aliphatic rings. The van der Waals surface area contributed by atoms with Gasteiger partial charge in [0.2, 0.25) is 0 Å². The van der Waals surface area contributed by atoms with Crippen LogP contribution in [0.15, 0.2) is 60.7 Å². The molecule has 2 N–H and O–H groups in total. The Balaban J connectivity index is 1.85. The van der Waals surface area contributed by atoms with Gasteiger partial charge in [-0.1, -0.05) is 47.5 Å². The average Bonchev–Trinajstić information content (AvgIpc) is 2.77. The number of halogens is 2. The lowest BCUT2D eigenvalue weighted by Crippen LogP contribution is -2.26. The second kappa shape index (κ2) is 10.4. The number of benzene rings is 2. The van der Waals surface area contributed by atoms with E-state index in [0.717, 1.165) is 29.2 Å². The van der Waals surface area contributed by atoms with Crippen molar-refractivity contribution < 1.29 is 9.90 Å². The van der Waals surface area contributed by atoms with E-state index >= 15 is 0 Å². The second-order valence-corrected chi connectivity index (χ2v) is 7.53. The highest BCUT2D eigenvalue weighted by Crippen LogP contribution is 2.26. The van der Waals surface area contributed by atoms with Gasteiger partial charge in [0, 0.05) is 40.8 Å². The monoisotopic (exact) mass is 443 g/mol. The predicted octanol–water partition coefficient (Wildman–Crippen LogP) is 4.80. The molecular formula is C23H23Cl2N3O2. The van der Waals surface area contributed by atoms with Gasteiger partial charge in [-0.2, -0.15) is 0 Å². The third kappa shape index (κ3) is 5.51. The van der Waals surface area contributed by atoms with Crippen LogP contribution in [-0.2, 0) is 6.54 Å². The molecule has 3 rings (SSSR count). The maximum absolute atomic E-state index is 12.2. The van der Waals surface area contributed by atoms with Gasteiger partial charge in [0.05, 0.1) is 12.3 Å². The minimum absolute atomic E-state index is 0.0977. The molecule has 0 spiro atoms. The molecule has 5 nitrogen and oxygen atoms in total. The maximum atomic E-state index is 12.2. The Hall–Kier alpha value is -2.60. The van der Waals surface area contributed by atoms with Crippen molar-refractivity contribution in [3.05, 3.63) is 81.8 Å². The minimum Gasteiger partial charge on any atom is -0.395 e. The van der Waals surface area contributed by atoms with Crippen LogP contribution >= 0.6 is 23.2 Å². The van der Waals surface area contributed by atoms with Gasteiger partial charge in [-0.3, -0.25) is 4.79 Å². The van der Waals surface area contributed by atoms with Gasteiger partial charge in [0.1, 0.15) is 5.82 Å². The summed E-state index contributed by atoms with van der Waals surface area (Å²) in [6.07, 6.45) is 0. The molecule has 1 amide bonds. The number of rotatable bonds is 8. The number of carbonyl (C=O) groups excluding carboxylic acids is 1. The zero-order valence-corrected chi connectivity index (χ0v) is 18.1. The largest absolute Gasteiger partial charge is 0.395 e. The van der Waals surface area contributed by atoms with E-state index in [0.29, 0.717) is 22.2 Å². The maximum Gasteiger partial charge on any atom is 0.251 e. The molecule has 0 saturated carbocycles. The quantitative estimate of drug-likeness (QED) is 0.524. The fraction of sp³-hybridized carbons (Fsp3) is 0.217. The molecule has 0 fully saturated rings. The molecule has 0 atom stereocenters. The van der Waals surface area contributed by atoms with E-state index in [9.17, 15) is 4.79 Å². The SMILES string of the molecule is CCN(Cc1ccc(Cl)cc1Cl)c1cccc(-c2cccc(C(=O)NCCO)c2)n1. The first-order valence-electron chi connectivity index (χ1n) is 9.67. The Morgan fingerprint density at radius 3 is 2.63 bits per heavy atom. The Bertz CT molecular complexity index is 1030.